The molecule has 1 heterocycles. The standard InChI is InChI=1S/C22H23N3O3/c1-25(2)19(16-7-4-3-5-8-16)15-23-21(26)17-10-12-18(13-11-17)24-22(27)20-9-6-14-28-20/h3-14,19H,15H2,1-2H3,(H,23,26)(H,24,27)/t19-/m0/s1. The highest BCUT2D eigenvalue weighted by Gasteiger charge is 2.16. The summed E-state index contributed by atoms with van der Waals surface area (Å²) < 4.78 is 5.06. The van der Waals surface area contributed by atoms with Crippen molar-refractivity contribution in [2.24, 2.45) is 0 Å². The summed E-state index contributed by atoms with van der Waals surface area (Å²) in [5.41, 5.74) is 2.26. The van der Waals surface area contributed by atoms with Gasteiger partial charge in [-0.2, -0.15) is 0 Å². The molecule has 2 amide bonds. The van der Waals surface area contributed by atoms with Gasteiger partial charge < -0.3 is 20.0 Å². The Hall–Kier alpha value is -3.38. The van der Waals surface area contributed by atoms with Crippen molar-refractivity contribution in [2.45, 2.75) is 6.04 Å². The molecule has 3 aromatic rings. The molecule has 6 heteroatoms. The molecule has 2 aromatic carbocycles. The number of amides is 2. The lowest BCUT2D eigenvalue weighted by Gasteiger charge is -2.25. The number of furan rings is 1. The van der Waals surface area contributed by atoms with E-state index < -0.39 is 0 Å². The van der Waals surface area contributed by atoms with Gasteiger partial charge in [-0.05, 0) is 56.1 Å². The van der Waals surface area contributed by atoms with E-state index >= 15 is 0 Å². The number of carbonyl (C=O) groups excluding carboxylic acids is 2. The zero-order chi connectivity index (χ0) is 19.9. The Balaban J connectivity index is 1.59. The molecule has 0 saturated heterocycles. The molecule has 2 N–H and O–H groups in total. The van der Waals surface area contributed by atoms with Gasteiger partial charge in [0.2, 0.25) is 0 Å². The minimum Gasteiger partial charge on any atom is -0.459 e. The maximum atomic E-state index is 12.5. The van der Waals surface area contributed by atoms with Crippen molar-refractivity contribution in [2.75, 3.05) is 26.0 Å². The van der Waals surface area contributed by atoms with Gasteiger partial charge in [-0.25, -0.2) is 0 Å². The van der Waals surface area contributed by atoms with E-state index in [0.29, 0.717) is 17.8 Å². The molecule has 0 radical (unpaired) electrons. The highest BCUT2D eigenvalue weighted by atomic mass is 16.3. The van der Waals surface area contributed by atoms with E-state index in [0.717, 1.165) is 5.56 Å². The first kappa shape index (κ1) is 19.4. The molecule has 3 rings (SSSR count). The van der Waals surface area contributed by atoms with Gasteiger partial charge in [-0.15, -0.1) is 0 Å². The van der Waals surface area contributed by atoms with Gasteiger partial charge in [-0.1, -0.05) is 30.3 Å². The first-order valence-electron chi connectivity index (χ1n) is 8.99. The third kappa shape index (κ3) is 4.86. The fourth-order valence-corrected chi connectivity index (χ4v) is 2.87. The van der Waals surface area contributed by atoms with Crippen LogP contribution in [0.2, 0.25) is 0 Å². The minimum atomic E-state index is -0.334. The molecule has 0 saturated carbocycles. The summed E-state index contributed by atoms with van der Waals surface area (Å²) in [6.45, 7) is 0.493. The number of likely N-dealkylation sites (N-methyl/N-ethyl adjacent to an activating group) is 1. The first-order chi connectivity index (χ1) is 13.5. The average Bonchev–Trinajstić information content (AvgIpc) is 3.24. The number of hydrogen-bond acceptors (Lipinski definition) is 4. The summed E-state index contributed by atoms with van der Waals surface area (Å²) in [6, 6.07) is 20.1. The monoisotopic (exact) mass is 377 g/mol. The Morgan fingerprint density at radius 2 is 1.64 bits per heavy atom. The average molecular weight is 377 g/mol. The smallest absolute Gasteiger partial charge is 0.291 e. The number of benzene rings is 2. The summed E-state index contributed by atoms with van der Waals surface area (Å²) in [7, 11) is 3.97. The second-order valence-corrected chi connectivity index (χ2v) is 6.61. The van der Waals surface area contributed by atoms with Crippen LogP contribution in [0.4, 0.5) is 5.69 Å². The highest BCUT2D eigenvalue weighted by molar-refractivity contribution is 6.02. The van der Waals surface area contributed by atoms with Gasteiger partial charge in [0, 0.05) is 17.8 Å². The summed E-state index contributed by atoms with van der Waals surface area (Å²) >= 11 is 0. The highest BCUT2D eigenvalue weighted by Crippen LogP contribution is 2.17. The van der Waals surface area contributed by atoms with E-state index in [1.807, 2.05) is 44.4 Å². The van der Waals surface area contributed by atoms with Crippen LogP contribution in [-0.4, -0.2) is 37.4 Å². The molecule has 1 atom stereocenters. The van der Waals surface area contributed by atoms with Gasteiger partial charge in [0.15, 0.2) is 5.76 Å². The molecule has 1 aromatic heterocycles. The van der Waals surface area contributed by atoms with Crippen molar-refractivity contribution >= 4 is 17.5 Å². The van der Waals surface area contributed by atoms with Gasteiger partial charge in [0.05, 0.1) is 12.3 Å². The van der Waals surface area contributed by atoms with E-state index in [-0.39, 0.29) is 23.6 Å². The van der Waals surface area contributed by atoms with E-state index in [1.54, 1.807) is 36.4 Å². The fourth-order valence-electron chi connectivity index (χ4n) is 2.87. The quantitative estimate of drug-likeness (QED) is 0.660. The number of rotatable bonds is 7. The van der Waals surface area contributed by atoms with Crippen molar-refractivity contribution in [3.63, 3.8) is 0 Å². The minimum absolute atomic E-state index is 0.0806. The summed E-state index contributed by atoms with van der Waals surface area (Å²) in [4.78, 5) is 26.5. The van der Waals surface area contributed by atoms with Gasteiger partial charge in [0.25, 0.3) is 11.8 Å². The van der Waals surface area contributed by atoms with Crippen LogP contribution in [0.5, 0.6) is 0 Å². The zero-order valence-corrected chi connectivity index (χ0v) is 15.9. The molecule has 0 fully saturated rings. The third-order valence-electron chi connectivity index (χ3n) is 4.41. The SMILES string of the molecule is CN(C)[C@@H](CNC(=O)c1ccc(NC(=O)c2ccco2)cc1)c1ccccc1. The van der Waals surface area contributed by atoms with Crippen LogP contribution in [-0.2, 0) is 0 Å². The topological polar surface area (TPSA) is 74.6 Å². The molecule has 0 aliphatic heterocycles. The van der Waals surface area contributed by atoms with Crippen LogP contribution >= 0.6 is 0 Å². The molecule has 0 aliphatic rings. The maximum absolute atomic E-state index is 12.5. The largest absolute Gasteiger partial charge is 0.459 e. The molecular weight excluding hydrogens is 354 g/mol. The second kappa shape index (κ2) is 9.01. The summed E-state index contributed by atoms with van der Waals surface area (Å²) in [5.74, 6) is -0.261. The number of anilines is 1. The van der Waals surface area contributed by atoms with E-state index in [4.69, 9.17) is 4.42 Å². The van der Waals surface area contributed by atoms with Crippen LogP contribution in [0, 0.1) is 0 Å². The predicted octanol–water partition coefficient (Wildman–Crippen LogP) is 3.56. The third-order valence-corrected chi connectivity index (χ3v) is 4.41. The van der Waals surface area contributed by atoms with E-state index in [1.165, 1.54) is 6.26 Å². The van der Waals surface area contributed by atoms with Crippen LogP contribution in [0.15, 0.2) is 77.4 Å². The molecule has 0 spiro atoms. The van der Waals surface area contributed by atoms with Crippen molar-refractivity contribution in [3.8, 4) is 0 Å². The lowest BCUT2D eigenvalue weighted by Crippen LogP contribution is -2.34. The Morgan fingerprint density at radius 1 is 0.929 bits per heavy atom. The molecule has 0 unspecified atom stereocenters. The molecule has 0 bridgehead atoms. The van der Waals surface area contributed by atoms with Gasteiger partial charge in [-0.3, -0.25) is 9.59 Å². The second-order valence-electron chi connectivity index (χ2n) is 6.61. The normalized spacial score (nSPS) is 11.8. The van der Waals surface area contributed by atoms with E-state index in [2.05, 4.69) is 15.5 Å². The maximum Gasteiger partial charge on any atom is 0.291 e. The molecule has 6 nitrogen and oxygen atoms in total. The van der Waals surface area contributed by atoms with Crippen LogP contribution < -0.4 is 10.6 Å². The number of carbonyl (C=O) groups is 2. The lowest BCUT2D eigenvalue weighted by atomic mass is 10.1. The fraction of sp³-hybridized carbons (Fsp3) is 0.182. The lowest BCUT2D eigenvalue weighted by molar-refractivity contribution is 0.0941. The molecule has 0 aliphatic carbocycles. The number of hydrogen-bond donors (Lipinski definition) is 2. The van der Waals surface area contributed by atoms with Crippen molar-refractivity contribution in [1.82, 2.24) is 10.2 Å². The Labute approximate surface area is 164 Å². The molecule has 28 heavy (non-hydrogen) atoms. The van der Waals surface area contributed by atoms with Crippen molar-refractivity contribution in [3.05, 3.63) is 89.9 Å². The summed E-state index contributed by atoms with van der Waals surface area (Å²) in [6.07, 6.45) is 1.44. The van der Waals surface area contributed by atoms with Gasteiger partial charge >= 0.3 is 0 Å². The Bertz CT molecular complexity index is 904. The summed E-state index contributed by atoms with van der Waals surface area (Å²) in [5, 5.41) is 5.70. The zero-order valence-electron chi connectivity index (χ0n) is 15.9. The van der Waals surface area contributed by atoms with E-state index in [9.17, 15) is 9.59 Å². The van der Waals surface area contributed by atoms with Crippen molar-refractivity contribution in [1.29, 1.82) is 0 Å². The van der Waals surface area contributed by atoms with Gasteiger partial charge in [0.1, 0.15) is 0 Å². The Kier molecular flexibility index (Phi) is 6.24. The van der Waals surface area contributed by atoms with Crippen LogP contribution in [0.1, 0.15) is 32.5 Å². The first-order valence-corrected chi connectivity index (χ1v) is 8.99. The van der Waals surface area contributed by atoms with Crippen LogP contribution in [0.3, 0.4) is 0 Å². The van der Waals surface area contributed by atoms with Crippen molar-refractivity contribution < 1.29 is 14.0 Å². The van der Waals surface area contributed by atoms with Crippen LogP contribution in [0.25, 0.3) is 0 Å². The number of nitrogens with one attached hydrogen (secondary N) is 2. The molecule has 144 valence electrons. The Morgan fingerprint density at radius 3 is 2.25 bits per heavy atom. The number of nitrogens with zero attached hydrogens (tertiary/aromatic N) is 1. The predicted molar refractivity (Wildman–Crippen MR) is 108 cm³/mol. The molecular formula is C22H23N3O3.